The highest BCUT2D eigenvalue weighted by Gasteiger charge is 2.26. The summed E-state index contributed by atoms with van der Waals surface area (Å²) < 4.78 is 20.7. The van der Waals surface area contributed by atoms with Crippen LogP contribution >= 0.6 is 0 Å². The van der Waals surface area contributed by atoms with E-state index in [1.54, 1.807) is 67.5 Å². The molecule has 0 spiro atoms. The fourth-order valence-electron chi connectivity index (χ4n) is 2.52. The van der Waals surface area contributed by atoms with Gasteiger partial charge in [-0.1, -0.05) is 52.7 Å². The number of allylic oxidation sites excluding steroid dienone is 2. The van der Waals surface area contributed by atoms with Gasteiger partial charge in [-0.05, 0) is 67.2 Å². The Hall–Kier alpha value is -2.47. The standard InChI is InChI=1S/C29H50O11/c1-13-19(3)15-21(5)25(30)35-23(37-39-28(7,8)9)17-33-27(32)34-18-24(38-40-29(10,11)12)36-26(31)22(6)16-20(4)14-2/h15-16,19-20,23-24H,13-14,17-18H2,1-12H3/b21-15+,22-16+. The van der Waals surface area contributed by atoms with E-state index >= 15 is 0 Å². The van der Waals surface area contributed by atoms with Crippen LogP contribution in [0.2, 0.25) is 0 Å². The summed E-state index contributed by atoms with van der Waals surface area (Å²) in [5, 5.41) is 0. The van der Waals surface area contributed by atoms with E-state index in [-0.39, 0.29) is 11.8 Å². The average molecular weight is 575 g/mol. The molecule has 0 radical (unpaired) electrons. The lowest BCUT2D eigenvalue weighted by atomic mass is 10.1. The normalized spacial score (nSPS) is 16.0. The summed E-state index contributed by atoms with van der Waals surface area (Å²) in [6.45, 7) is 20.5. The molecule has 0 aromatic heterocycles. The van der Waals surface area contributed by atoms with E-state index in [1.807, 2.05) is 27.7 Å². The number of carbonyl (C=O) groups is 3. The predicted molar refractivity (Wildman–Crippen MR) is 147 cm³/mol. The Morgan fingerprint density at radius 2 is 0.975 bits per heavy atom. The Kier molecular flexibility index (Phi) is 16.9. The van der Waals surface area contributed by atoms with Gasteiger partial charge in [0.2, 0.25) is 0 Å². The Morgan fingerprint density at radius 3 is 1.25 bits per heavy atom. The predicted octanol–water partition coefficient (Wildman–Crippen LogP) is 6.36. The molecule has 11 nitrogen and oxygen atoms in total. The lowest BCUT2D eigenvalue weighted by Crippen LogP contribution is -2.34. The zero-order valence-corrected chi connectivity index (χ0v) is 26.3. The van der Waals surface area contributed by atoms with Crippen LogP contribution in [-0.2, 0) is 48.1 Å². The van der Waals surface area contributed by atoms with Crippen molar-refractivity contribution in [2.45, 2.75) is 120 Å². The van der Waals surface area contributed by atoms with E-state index in [0.717, 1.165) is 12.8 Å². The zero-order chi connectivity index (χ0) is 31.1. The van der Waals surface area contributed by atoms with Crippen molar-refractivity contribution in [2.24, 2.45) is 11.8 Å². The summed E-state index contributed by atoms with van der Waals surface area (Å²) in [6, 6.07) is 0. The molecule has 0 aliphatic carbocycles. The molecule has 0 amide bonds. The van der Waals surface area contributed by atoms with Crippen LogP contribution < -0.4 is 0 Å². The fourth-order valence-corrected chi connectivity index (χ4v) is 2.52. The van der Waals surface area contributed by atoms with Crippen molar-refractivity contribution in [1.82, 2.24) is 0 Å². The summed E-state index contributed by atoms with van der Waals surface area (Å²) in [7, 11) is 0. The zero-order valence-electron chi connectivity index (χ0n) is 26.3. The van der Waals surface area contributed by atoms with Crippen LogP contribution in [0.5, 0.6) is 0 Å². The second kappa shape index (κ2) is 18.1. The van der Waals surface area contributed by atoms with Gasteiger partial charge in [0.1, 0.15) is 0 Å². The summed E-state index contributed by atoms with van der Waals surface area (Å²) in [5.41, 5.74) is -0.704. The summed E-state index contributed by atoms with van der Waals surface area (Å²) in [4.78, 5) is 58.2. The highest BCUT2D eigenvalue weighted by molar-refractivity contribution is 5.88. The Balaban J connectivity index is 5.27. The lowest BCUT2D eigenvalue weighted by molar-refractivity contribution is -0.414. The number of rotatable bonds is 16. The molecular formula is C29H50O11. The highest BCUT2D eigenvalue weighted by Crippen LogP contribution is 2.15. The Morgan fingerprint density at radius 1 is 0.650 bits per heavy atom. The van der Waals surface area contributed by atoms with Crippen molar-refractivity contribution in [3.63, 3.8) is 0 Å². The largest absolute Gasteiger partial charge is 0.508 e. The number of hydrogen-bond donors (Lipinski definition) is 0. The van der Waals surface area contributed by atoms with Crippen LogP contribution in [0.25, 0.3) is 0 Å². The molecule has 0 aliphatic rings. The fraction of sp³-hybridized carbons (Fsp3) is 0.759. The molecule has 4 unspecified atom stereocenters. The molecule has 232 valence electrons. The molecule has 0 aromatic carbocycles. The van der Waals surface area contributed by atoms with Crippen molar-refractivity contribution in [1.29, 1.82) is 0 Å². The van der Waals surface area contributed by atoms with Crippen LogP contribution in [0.3, 0.4) is 0 Å². The third-order valence-electron chi connectivity index (χ3n) is 4.96. The van der Waals surface area contributed by atoms with Crippen LogP contribution in [0.15, 0.2) is 23.3 Å². The monoisotopic (exact) mass is 574 g/mol. The molecule has 0 fully saturated rings. The molecule has 40 heavy (non-hydrogen) atoms. The average Bonchev–Trinajstić information content (AvgIpc) is 2.85. The van der Waals surface area contributed by atoms with E-state index in [2.05, 4.69) is 0 Å². The first-order valence-electron chi connectivity index (χ1n) is 13.6. The van der Waals surface area contributed by atoms with E-state index in [4.69, 9.17) is 38.5 Å². The quantitative estimate of drug-likeness (QED) is 0.0511. The first kappa shape index (κ1) is 37.5. The minimum atomic E-state index is -1.37. The molecule has 0 bridgehead atoms. The maximum Gasteiger partial charge on any atom is 0.508 e. The first-order chi connectivity index (χ1) is 18.4. The molecule has 11 heteroatoms. The van der Waals surface area contributed by atoms with Gasteiger partial charge in [-0.25, -0.2) is 24.2 Å². The van der Waals surface area contributed by atoms with E-state index < -0.39 is 55.1 Å². The van der Waals surface area contributed by atoms with Crippen LogP contribution in [0.1, 0.15) is 95.9 Å². The molecule has 0 N–H and O–H groups in total. The van der Waals surface area contributed by atoms with Crippen molar-refractivity contribution in [2.75, 3.05) is 13.2 Å². The van der Waals surface area contributed by atoms with Crippen molar-refractivity contribution in [3.05, 3.63) is 23.3 Å². The van der Waals surface area contributed by atoms with Gasteiger partial charge in [0, 0.05) is 11.1 Å². The molecular weight excluding hydrogens is 524 g/mol. The van der Waals surface area contributed by atoms with Crippen LogP contribution in [-0.4, -0.2) is 55.1 Å². The molecule has 0 saturated carbocycles. The summed E-state index contributed by atoms with van der Waals surface area (Å²) >= 11 is 0. The van der Waals surface area contributed by atoms with Crippen molar-refractivity contribution >= 4 is 18.1 Å². The van der Waals surface area contributed by atoms with Gasteiger partial charge in [-0.15, -0.1) is 0 Å². The van der Waals surface area contributed by atoms with Gasteiger partial charge in [0.15, 0.2) is 13.2 Å². The molecule has 0 heterocycles. The van der Waals surface area contributed by atoms with E-state index in [0.29, 0.717) is 11.1 Å². The van der Waals surface area contributed by atoms with Gasteiger partial charge >= 0.3 is 18.1 Å². The molecule has 0 aromatic rings. The molecule has 0 saturated heterocycles. The maximum absolute atomic E-state index is 12.5. The smallest absolute Gasteiger partial charge is 0.427 e. The molecule has 0 aliphatic heterocycles. The third kappa shape index (κ3) is 18.8. The maximum atomic E-state index is 12.5. The topological polar surface area (TPSA) is 125 Å². The van der Waals surface area contributed by atoms with Crippen LogP contribution in [0.4, 0.5) is 4.79 Å². The molecule has 0 rings (SSSR count). The minimum Gasteiger partial charge on any atom is -0.427 e. The highest BCUT2D eigenvalue weighted by atomic mass is 17.2. The lowest BCUT2D eigenvalue weighted by Gasteiger charge is -2.24. The van der Waals surface area contributed by atoms with Crippen LogP contribution in [0, 0.1) is 11.8 Å². The van der Waals surface area contributed by atoms with Gasteiger partial charge in [0.05, 0.1) is 11.2 Å². The van der Waals surface area contributed by atoms with Gasteiger partial charge in [0.25, 0.3) is 12.6 Å². The number of esters is 2. The van der Waals surface area contributed by atoms with E-state index in [9.17, 15) is 14.4 Å². The van der Waals surface area contributed by atoms with Gasteiger partial charge in [-0.3, -0.25) is 0 Å². The van der Waals surface area contributed by atoms with Crippen molar-refractivity contribution in [3.8, 4) is 0 Å². The SMILES string of the molecule is CCC(C)/C=C(\C)C(=O)OC(COC(=O)OCC(OOC(C)(C)C)OC(=O)/C(C)=C/C(C)CC)OOC(C)(C)C. The summed E-state index contributed by atoms with van der Waals surface area (Å²) in [6.07, 6.45) is 1.35. The van der Waals surface area contributed by atoms with Crippen molar-refractivity contribution < 1.29 is 52.9 Å². The van der Waals surface area contributed by atoms with E-state index in [1.165, 1.54) is 0 Å². The number of carbonyl (C=O) groups excluding carboxylic acids is 3. The summed E-state index contributed by atoms with van der Waals surface area (Å²) in [5.74, 6) is -0.963. The van der Waals surface area contributed by atoms with Gasteiger partial charge < -0.3 is 18.9 Å². The number of hydrogen-bond acceptors (Lipinski definition) is 11. The van der Waals surface area contributed by atoms with Gasteiger partial charge in [-0.2, -0.15) is 9.78 Å². The Labute approximate surface area is 239 Å². The molecule has 4 atom stereocenters. The number of ether oxygens (including phenoxy) is 4. The second-order valence-electron chi connectivity index (χ2n) is 11.6. The minimum absolute atomic E-state index is 0.171. The Bertz CT molecular complexity index is 781. The third-order valence-corrected chi connectivity index (χ3v) is 4.96. The first-order valence-corrected chi connectivity index (χ1v) is 13.6. The second-order valence-corrected chi connectivity index (χ2v) is 11.6.